The van der Waals surface area contributed by atoms with Crippen molar-refractivity contribution in [2.24, 2.45) is 0 Å². The number of halogens is 4. The zero-order chi connectivity index (χ0) is 21.0. The van der Waals surface area contributed by atoms with E-state index < -0.39 is 30.2 Å². The van der Waals surface area contributed by atoms with Gasteiger partial charge in [-0.1, -0.05) is 35.3 Å². The van der Waals surface area contributed by atoms with Gasteiger partial charge in [-0.2, -0.15) is 8.78 Å². The summed E-state index contributed by atoms with van der Waals surface area (Å²) in [6.07, 6.45) is 1.97. The predicted octanol–water partition coefficient (Wildman–Crippen LogP) is 5.90. The van der Waals surface area contributed by atoms with Crippen LogP contribution in [0.25, 0.3) is 0 Å². The van der Waals surface area contributed by atoms with E-state index in [2.05, 4.69) is 9.72 Å². The van der Waals surface area contributed by atoms with E-state index in [-0.39, 0.29) is 16.5 Å². The van der Waals surface area contributed by atoms with E-state index in [0.717, 1.165) is 0 Å². The maximum Gasteiger partial charge on any atom is 0.387 e. The number of benzene rings is 1. The number of esters is 1. The molecule has 0 bridgehead atoms. The number of carbonyl (C=O) groups is 1. The van der Waals surface area contributed by atoms with Crippen LogP contribution >= 0.6 is 34.5 Å². The first kappa shape index (κ1) is 21.3. The number of hydrogen-bond donors (Lipinski definition) is 1. The number of alkyl halides is 2. The van der Waals surface area contributed by atoms with Crippen molar-refractivity contribution >= 4 is 40.5 Å². The number of rotatable bonds is 7. The lowest BCUT2D eigenvalue weighted by atomic mass is 10.0. The van der Waals surface area contributed by atoms with Gasteiger partial charge in [-0.3, -0.25) is 4.98 Å². The topological polar surface area (TPSA) is 68.7 Å². The first-order valence-electron chi connectivity index (χ1n) is 8.15. The van der Waals surface area contributed by atoms with Crippen LogP contribution in [0.5, 0.6) is 11.5 Å². The van der Waals surface area contributed by atoms with Crippen molar-refractivity contribution < 1.29 is 28.2 Å². The molecule has 0 spiro atoms. The summed E-state index contributed by atoms with van der Waals surface area (Å²) in [6, 6.07) is 7.07. The van der Waals surface area contributed by atoms with Crippen molar-refractivity contribution in [1.29, 1.82) is 0 Å². The lowest BCUT2D eigenvalue weighted by Gasteiger charge is -2.20. The predicted molar refractivity (Wildman–Crippen MR) is 105 cm³/mol. The minimum absolute atomic E-state index is 0.0752. The van der Waals surface area contributed by atoms with Crippen molar-refractivity contribution in [3.8, 4) is 11.5 Å². The quantitative estimate of drug-likeness (QED) is 0.445. The molecule has 3 rings (SSSR count). The van der Waals surface area contributed by atoms with Gasteiger partial charge in [0.2, 0.25) is 0 Å². The van der Waals surface area contributed by atoms with E-state index in [1.165, 1.54) is 41.9 Å². The molecular formula is C19H13Cl2F2NO4S. The Bertz CT molecular complexity index is 982. The van der Waals surface area contributed by atoms with E-state index in [9.17, 15) is 18.7 Å². The third kappa shape index (κ3) is 5.35. The summed E-state index contributed by atoms with van der Waals surface area (Å²) >= 11 is 13.5. The first-order chi connectivity index (χ1) is 13.8. The molecule has 0 unspecified atom stereocenters. The summed E-state index contributed by atoms with van der Waals surface area (Å²) in [5.41, 5.74) is 0.831. The third-order valence-electron chi connectivity index (χ3n) is 3.88. The number of aromatic nitrogens is 1. The molecule has 0 aliphatic carbocycles. The van der Waals surface area contributed by atoms with Crippen molar-refractivity contribution in [2.75, 3.05) is 0 Å². The highest BCUT2D eigenvalue weighted by atomic mass is 35.5. The smallest absolute Gasteiger partial charge is 0.387 e. The van der Waals surface area contributed by atoms with E-state index in [1.807, 2.05) is 0 Å². The molecule has 10 heteroatoms. The van der Waals surface area contributed by atoms with Gasteiger partial charge in [-0.25, -0.2) is 4.79 Å². The number of pyridine rings is 1. The molecule has 0 radical (unpaired) electrons. The second-order valence-electron chi connectivity index (χ2n) is 5.76. The Morgan fingerprint density at radius 3 is 2.52 bits per heavy atom. The number of hydrogen-bond acceptors (Lipinski definition) is 6. The van der Waals surface area contributed by atoms with Crippen molar-refractivity contribution in [2.45, 2.75) is 19.1 Å². The lowest BCUT2D eigenvalue weighted by Crippen LogP contribution is -2.14. The standard InChI is InChI=1S/C19H13Cl2F2NO4S/c20-12-8-24-9-13(21)11(12)7-16(27-18(26)17-2-1-5-29-17)10-3-4-15(14(25)6-10)28-19(22)23/h1-6,8-9,16,19,25H,7H2/t16-/m0/s1. The molecular weight excluding hydrogens is 447 g/mol. The minimum atomic E-state index is -3.09. The third-order valence-corrected chi connectivity index (χ3v) is 5.39. The Morgan fingerprint density at radius 1 is 1.21 bits per heavy atom. The zero-order valence-electron chi connectivity index (χ0n) is 14.5. The van der Waals surface area contributed by atoms with Crippen LogP contribution in [0.2, 0.25) is 10.0 Å². The largest absolute Gasteiger partial charge is 0.504 e. The van der Waals surface area contributed by atoms with Crippen LogP contribution in [0.15, 0.2) is 48.1 Å². The fourth-order valence-corrected chi connectivity index (χ4v) is 3.68. The fraction of sp³-hybridized carbons (Fsp3) is 0.158. The highest BCUT2D eigenvalue weighted by molar-refractivity contribution is 7.11. The van der Waals surface area contributed by atoms with Gasteiger partial charge in [-0.05, 0) is 34.7 Å². The number of ether oxygens (including phenoxy) is 2. The molecule has 2 aromatic heterocycles. The highest BCUT2D eigenvalue weighted by Gasteiger charge is 2.23. The zero-order valence-corrected chi connectivity index (χ0v) is 16.8. The van der Waals surface area contributed by atoms with Crippen molar-refractivity contribution in [1.82, 2.24) is 4.98 Å². The fourth-order valence-electron chi connectivity index (χ4n) is 2.56. The van der Waals surface area contributed by atoms with Crippen LogP contribution in [0.1, 0.15) is 26.9 Å². The van der Waals surface area contributed by atoms with Gasteiger partial charge in [0.05, 0.1) is 10.0 Å². The number of thiophene rings is 1. The normalized spacial score (nSPS) is 12.0. The van der Waals surface area contributed by atoms with E-state index in [4.69, 9.17) is 27.9 Å². The Balaban J connectivity index is 1.94. The molecule has 0 fully saturated rings. The summed E-state index contributed by atoms with van der Waals surface area (Å²) in [6.45, 7) is -3.09. The molecule has 29 heavy (non-hydrogen) atoms. The van der Waals surface area contributed by atoms with Gasteiger partial charge in [0.1, 0.15) is 11.0 Å². The number of nitrogens with zero attached hydrogens (tertiary/aromatic N) is 1. The maximum absolute atomic E-state index is 12.5. The van der Waals surface area contributed by atoms with Crippen LogP contribution in [0.3, 0.4) is 0 Å². The SMILES string of the molecule is O=C(O[C@@H](Cc1c(Cl)cncc1Cl)c1ccc(OC(F)F)c(O)c1)c1cccs1. The summed E-state index contributed by atoms with van der Waals surface area (Å²) in [4.78, 5) is 16.7. The highest BCUT2D eigenvalue weighted by Crippen LogP contribution is 2.35. The Kier molecular flexibility index (Phi) is 6.89. The summed E-state index contributed by atoms with van der Waals surface area (Å²) in [7, 11) is 0. The van der Waals surface area contributed by atoms with Crippen LogP contribution in [0.4, 0.5) is 8.78 Å². The molecule has 0 saturated heterocycles. The van der Waals surface area contributed by atoms with Gasteiger partial charge in [-0.15, -0.1) is 11.3 Å². The first-order valence-corrected chi connectivity index (χ1v) is 9.78. The van der Waals surface area contributed by atoms with Gasteiger partial charge >= 0.3 is 12.6 Å². The van der Waals surface area contributed by atoms with Crippen LogP contribution in [-0.4, -0.2) is 22.7 Å². The summed E-state index contributed by atoms with van der Waals surface area (Å²) in [5, 5.41) is 12.3. The molecule has 5 nitrogen and oxygen atoms in total. The van der Waals surface area contributed by atoms with Gasteiger partial charge in [0.25, 0.3) is 0 Å². The molecule has 1 atom stereocenters. The van der Waals surface area contributed by atoms with Crippen LogP contribution in [0, 0.1) is 0 Å². The van der Waals surface area contributed by atoms with Gasteiger partial charge < -0.3 is 14.6 Å². The number of phenolic OH excluding ortho intramolecular Hbond substituents is 1. The Hall–Kier alpha value is -2.42. The summed E-state index contributed by atoms with van der Waals surface area (Å²) in [5.74, 6) is -1.50. The lowest BCUT2D eigenvalue weighted by molar-refractivity contribution is -0.0512. The number of carbonyl (C=O) groups excluding carboxylic acids is 1. The van der Waals surface area contributed by atoms with E-state index in [0.29, 0.717) is 16.0 Å². The molecule has 1 N–H and O–H groups in total. The Labute approximate surface area is 178 Å². The monoisotopic (exact) mass is 459 g/mol. The van der Waals surface area contributed by atoms with Crippen LogP contribution in [-0.2, 0) is 11.2 Å². The average Bonchev–Trinajstić information content (AvgIpc) is 3.20. The molecule has 0 saturated carbocycles. The number of phenols is 1. The molecule has 3 aromatic rings. The van der Waals surface area contributed by atoms with Crippen molar-refractivity contribution in [3.05, 3.63) is 74.2 Å². The maximum atomic E-state index is 12.5. The molecule has 0 aliphatic heterocycles. The molecule has 0 amide bonds. The molecule has 1 aromatic carbocycles. The van der Waals surface area contributed by atoms with Gasteiger partial charge in [0.15, 0.2) is 11.5 Å². The second-order valence-corrected chi connectivity index (χ2v) is 7.52. The molecule has 2 heterocycles. The minimum Gasteiger partial charge on any atom is -0.504 e. The Morgan fingerprint density at radius 2 is 1.93 bits per heavy atom. The average molecular weight is 460 g/mol. The summed E-state index contributed by atoms with van der Waals surface area (Å²) < 4.78 is 34.7. The van der Waals surface area contributed by atoms with Crippen molar-refractivity contribution in [3.63, 3.8) is 0 Å². The molecule has 152 valence electrons. The second kappa shape index (κ2) is 9.39. The molecule has 0 aliphatic rings. The van der Waals surface area contributed by atoms with Crippen LogP contribution < -0.4 is 4.74 Å². The van der Waals surface area contributed by atoms with E-state index >= 15 is 0 Å². The number of aromatic hydroxyl groups is 1. The van der Waals surface area contributed by atoms with E-state index in [1.54, 1.807) is 17.5 Å². The van der Waals surface area contributed by atoms with Gasteiger partial charge in [0, 0.05) is 18.8 Å².